The van der Waals surface area contributed by atoms with Crippen molar-refractivity contribution in [2.45, 2.75) is 13.5 Å². The van der Waals surface area contributed by atoms with E-state index >= 15 is 0 Å². The third-order valence-corrected chi connectivity index (χ3v) is 5.85. The van der Waals surface area contributed by atoms with Crippen molar-refractivity contribution in [3.63, 3.8) is 0 Å². The predicted molar refractivity (Wildman–Crippen MR) is 137 cm³/mol. The van der Waals surface area contributed by atoms with E-state index in [0.29, 0.717) is 41.0 Å². The molecule has 4 amide bonds. The lowest BCUT2D eigenvalue weighted by atomic mass is 10.1. The lowest BCUT2D eigenvalue weighted by Gasteiger charge is -2.26. The van der Waals surface area contributed by atoms with Crippen LogP contribution < -0.4 is 19.7 Å². The molecule has 0 unspecified atom stereocenters. The summed E-state index contributed by atoms with van der Waals surface area (Å²) in [6.45, 7) is 2.54. The molecule has 0 aliphatic carbocycles. The van der Waals surface area contributed by atoms with Crippen molar-refractivity contribution in [3.8, 4) is 11.5 Å². The summed E-state index contributed by atoms with van der Waals surface area (Å²) in [5, 5.41) is 2.86. The topological polar surface area (TPSA) is 84.9 Å². The number of carbonyl (C=O) groups is 3. The Morgan fingerprint density at radius 3 is 2.34 bits per heavy atom. The van der Waals surface area contributed by atoms with Crippen LogP contribution in [0.15, 0.2) is 76.8 Å². The Balaban J connectivity index is 1.60. The van der Waals surface area contributed by atoms with Gasteiger partial charge in [-0.15, -0.1) is 0 Å². The van der Waals surface area contributed by atoms with E-state index in [0.717, 1.165) is 14.9 Å². The minimum Gasteiger partial charge on any atom is -0.490 e. The molecule has 7 nitrogen and oxygen atoms in total. The Hall–Kier alpha value is -3.62. The smallest absolute Gasteiger partial charge is 0.335 e. The molecule has 35 heavy (non-hydrogen) atoms. The number of barbiturate groups is 1. The quantitative estimate of drug-likeness (QED) is 0.297. The van der Waals surface area contributed by atoms with Crippen LogP contribution in [0.25, 0.3) is 6.08 Å². The van der Waals surface area contributed by atoms with Gasteiger partial charge in [0.2, 0.25) is 0 Å². The summed E-state index contributed by atoms with van der Waals surface area (Å²) in [4.78, 5) is 38.9. The van der Waals surface area contributed by atoms with Gasteiger partial charge in [0.05, 0.1) is 12.3 Å². The Morgan fingerprint density at radius 2 is 1.66 bits per heavy atom. The number of halogens is 2. The molecule has 3 aromatic carbocycles. The molecule has 1 aliphatic heterocycles. The van der Waals surface area contributed by atoms with Crippen molar-refractivity contribution in [2.24, 2.45) is 0 Å². The highest BCUT2D eigenvalue weighted by molar-refractivity contribution is 9.10. The maximum absolute atomic E-state index is 13.1. The molecule has 0 saturated carbocycles. The molecule has 1 saturated heterocycles. The van der Waals surface area contributed by atoms with Crippen molar-refractivity contribution in [3.05, 3.63) is 92.9 Å². The van der Waals surface area contributed by atoms with Crippen LogP contribution in [0.2, 0.25) is 5.02 Å². The van der Waals surface area contributed by atoms with Gasteiger partial charge in [-0.25, -0.2) is 9.69 Å². The number of nitrogens with one attached hydrogen (secondary N) is 1. The van der Waals surface area contributed by atoms with Gasteiger partial charge >= 0.3 is 6.03 Å². The van der Waals surface area contributed by atoms with Gasteiger partial charge in [-0.1, -0.05) is 45.7 Å². The van der Waals surface area contributed by atoms with Crippen LogP contribution in [0.3, 0.4) is 0 Å². The van der Waals surface area contributed by atoms with Gasteiger partial charge < -0.3 is 9.47 Å². The maximum atomic E-state index is 13.1. The summed E-state index contributed by atoms with van der Waals surface area (Å²) < 4.78 is 12.4. The first-order chi connectivity index (χ1) is 16.9. The summed E-state index contributed by atoms with van der Waals surface area (Å²) in [5.74, 6) is -0.521. The van der Waals surface area contributed by atoms with Crippen molar-refractivity contribution >= 4 is 57.1 Å². The average Bonchev–Trinajstić information content (AvgIpc) is 2.83. The van der Waals surface area contributed by atoms with Gasteiger partial charge in [0.25, 0.3) is 11.8 Å². The van der Waals surface area contributed by atoms with Gasteiger partial charge in [-0.05, 0) is 72.7 Å². The molecule has 0 atom stereocenters. The fourth-order valence-corrected chi connectivity index (χ4v) is 3.78. The predicted octanol–water partition coefficient (Wildman–Crippen LogP) is 5.75. The molecule has 1 N–H and O–H groups in total. The third kappa shape index (κ3) is 5.72. The molecule has 0 bridgehead atoms. The highest BCUT2D eigenvalue weighted by Gasteiger charge is 2.36. The van der Waals surface area contributed by atoms with Crippen molar-refractivity contribution in [2.75, 3.05) is 11.5 Å². The Kier molecular flexibility index (Phi) is 7.53. The lowest BCUT2D eigenvalue weighted by Crippen LogP contribution is -2.54. The number of ether oxygens (including phenoxy) is 2. The van der Waals surface area contributed by atoms with Crippen molar-refractivity contribution in [1.82, 2.24) is 5.32 Å². The molecule has 1 aliphatic rings. The largest absolute Gasteiger partial charge is 0.490 e. The zero-order chi connectivity index (χ0) is 24.9. The van der Waals surface area contributed by atoms with Crippen LogP contribution in [0.1, 0.15) is 18.1 Å². The maximum Gasteiger partial charge on any atom is 0.335 e. The number of amides is 4. The summed E-state index contributed by atoms with van der Waals surface area (Å²) in [5.41, 5.74) is 1.64. The summed E-state index contributed by atoms with van der Waals surface area (Å²) in [7, 11) is 0. The van der Waals surface area contributed by atoms with Crippen molar-refractivity contribution < 1.29 is 23.9 Å². The number of nitrogens with zero attached hydrogens (tertiary/aromatic N) is 1. The van der Waals surface area contributed by atoms with E-state index in [1.165, 1.54) is 6.08 Å². The second kappa shape index (κ2) is 10.8. The molecule has 0 aromatic heterocycles. The number of carbonyl (C=O) groups excluding carboxylic acids is 3. The van der Waals surface area contributed by atoms with Crippen LogP contribution in [0.5, 0.6) is 11.5 Å². The standard InChI is InChI=1S/C26H20BrClN2O5/c1-2-34-23-14-17(5-12-22(23)35-15-16-3-8-19(28)9-4-16)13-21-24(31)29-26(33)30(25(21)32)20-10-6-18(27)7-11-20/h3-14H,2,15H2,1H3,(H,29,31,33)/b21-13+. The van der Waals surface area contributed by atoms with E-state index in [2.05, 4.69) is 21.2 Å². The van der Waals surface area contributed by atoms with E-state index in [1.54, 1.807) is 54.6 Å². The fourth-order valence-electron chi connectivity index (χ4n) is 3.39. The number of imide groups is 2. The first kappa shape index (κ1) is 24.5. The number of anilines is 1. The van der Waals surface area contributed by atoms with Crippen LogP contribution in [0.4, 0.5) is 10.5 Å². The Bertz CT molecular complexity index is 1310. The first-order valence-electron chi connectivity index (χ1n) is 10.7. The van der Waals surface area contributed by atoms with Crippen LogP contribution in [-0.4, -0.2) is 24.5 Å². The minimum absolute atomic E-state index is 0.176. The number of rotatable bonds is 7. The minimum atomic E-state index is -0.805. The molecule has 0 spiro atoms. The molecule has 4 rings (SSSR count). The molecule has 0 radical (unpaired) electrons. The van der Waals surface area contributed by atoms with E-state index in [1.807, 2.05) is 19.1 Å². The van der Waals surface area contributed by atoms with Crippen LogP contribution >= 0.6 is 27.5 Å². The zero-order valence-electron chi connectivity index (χ0n) is 18.6. The van der Waals surface area contributed by atoms with Gasteiger partial charge in [-0.3, -0.25) is 14.9 Å². The molecule has 9 heteroatoms. The zero-order valence-corrected chi connectivity index (χ0v) is 20.9. The van der Waals surface area contributed by atoms with Gasteiger partial charge in [0, 0.05) is 9.50 Å². The number of hydrogen-bond donors (Lipinski definition) is 1. The van der Waals surface area contributed by atoms with Gasteiger partial charge in [0.15, 0.2) is 11.5 Å². The van der Waals surface area contributed by atoms with E-state index in [-0.39, 0.29) is 5.57 Å². The van der Waals surface area contributed by atoms with E-state index in [9.17, 15) is 14.4 Å². The number of benzene rings is 3. The average molecular weight is 556 g/mol. The SMILES string of the molecule is CCOc1cc(/C=C2\C(=O)NC(=O)N(c3ccc(Br)cc3)C2=O)ccc1OCc1ccc(Cl)cc1. The highest BCUT2D eigenvalue weighted by atomic mass is 79.9. The van der Waals surface area contributed by atoms with Gasteiger partial charge in [0.1, 0.15) is 12.2 Å². The lowest BCUT2D eigenvalue weighted by molar-refractivity contribution is -0.122. The first-order valence-corrected chi connectivity index (χ1v) is 11.8. The Labute approximate surface area is 215 Å². The van der Waals surface area contributed by atoms with Crippen LogP contribution in [0, 0.1) is 0 Å². The number of urea groups is 1. The molecular formula is C26H20BrClN2O5. The van der Waals surface area contributed by atoms with Crippen molar-refractivity contribution in [1.29, 1.82) is 0 Å². The fraction of sp³-hybridized carbons (Fsp3) is 0.115. The molecule has 178 valence electrons. The molecule has 1 heterocycles. The van der Waals surface area contributed by atoms with E-state index in [4.69, 9.17) is 21.1 Å². The molecule has 1 fully saturated rings. The van der Waals surface area contributed by atoms with E-state index < -0.39 is 17.8 Å². The summed E-state index contributed by atoms with van der Waals surface area (Å²) in [6.07, 6.45) is 1.42. The monoisotopic (exact) mass is 554 g/mol. The highest BCUT2D eigenvalue weighted by Crippen LogP contribution is 2.31. The second-order valence-corrected chi connectivity index (χ2v) is 8.84. The molecule has 3 aromatic rings. The van der Waals surface area contributed by atoms with Gasteiger partial charge in [-0.2, -0.15) is 0 Å². The summed E-state index contributed by atoms with van der Waals surface area (Å²) in [6, 6.07) is 18.2. The second-order valence-electron chi connectivity index (χ2n) is 7.49. The summed E-state index contributed by atoms with van der Waals surface area (Å²) >= 11 is 9.25. The normalized spacial score (nSPS) is 14.8. The third-order valence-electron chi connectivity index (χ3n) is 5.07. The van der Waals surface area contributed by atoms with Crippen LogP contribution in [-0.2, 0) is 16.2 Å². The number of hydrogen-bond acceptors (Lipinski definition) is 5. The molecular weight excluding hydrogens is 536 g/mol. The Morgan fingerprint density at radius 1 is 0.943 bits per heavy atom.